The van der Waals surface area contributed by atoms with Crippen molar-refractivity contribution in [3.63, 3.8) is 0 Å². The quantitative estimate of drug-likeness (QED) is 0.0860. The van der Waals surface area contributed by atoms with Crippen LogP contribution in [0.2, 0.25) is 0 Å². The topological polar surface area (TPSA) is 157 Å². The number of carbonyl (C=O) groups is 5. The van der Waals surface area contributed by atoms with Crippen molar-refractivity contribution in [2.45, 2.75) is 24.8 Å². The standard InChI is InChI=1S/C17H22N4O7S2.Na/c1-8(22)28-5-9-6-29-15-12(14(25)21(15)13(9)16(26)27)20-11(24)4-10(23)7-30-17(18-2)19-3;/h12,15H,4-7H2,1-3H3,(H,18,19)(H,20,24)(H,26,27);/q;+1/p-1/t12?,15-;/m0./s1. The van der Waals surface area contributed by atoms with Gasteiger partial charge in [-0.2, -0.15) is 0 Å². The number of Topliss-reactive ketones (excluding diaryl/α,β-unsaturated/α-hetero) is 1. The number of β-lactam (4-membered cyclic amide) rings is 1. The molecule has 0 aromatic carbocycles. The molecule has 164 valence electrons. The molecule has 0 spiro atoms. The third-order valence-corrected chi connectivity index (χ3v) is 6.62. The maximum absolute atomic E-state index is 12.5. The minimum atomic E-state index is -1.56. The monoisotopic (exact) mass is 480 g/mol. The Hall–Kier alpha value is -1.54. The number of rotatable bonds is 8. The fourth-order valence-electron chi connectivity index (χ4n) is 2.82. The number of thioether (sulfide) groups is 2. The first kappa shape index (κ1) is 27.5. The fourth-order valence-corrected chi connectivity index (χ4v) is 4.82. The molecule has 2 N–H and O–H groups in total. The molecule has 1 unspecified atom stereocenters. The van der Waals surface area contributed by atoms with E-state index in [0.29, 0.717) is 5.17 Å². The molecule has 14 heteroatoms. The molecule has 2 aliphatic heterocycles. The van der Waals surface area contributed by atoms with Crippen LogP contribution < -0.4 is 45.3 Å². The van der Waals surface area contributed by atoms with Gasteiger partial charge in [-0.25, -0.2) is 0 Å². The average molecular weight is 481 g/mol. The van der Waals surface area contributed by atoms with Crippen LogP contribution in [0, 0.1) is 0 Å². The molecule has 2 heterocycles. The Bertz CT molecular complexity index is 833. The summed E-state index contributed by atoms with van der Waals surface area (Å²) in [5, 5.41) is 16.7. The molecule has 0 aromatic rings. The van der Waals surface area contributed by atoms with Crippen LogP contribution >= 0.6 is 23.5 Å². The van der Waals surface area contributed by atoms with E-state index in [1.807, 2.05) is 0 Å². The zero-order valence-electron chi connectivity index (χ0n) is 17.6. The van der Waals surface area contributed by atoms with Gasteiger partial charge in [0.2, 0.25) is 5.91 Å². The summed E-state index contributed by atoms with van der Waals surface area (Å²) in [4.78, 5) is 64.0. The molecule has 2 atom stereocenters. The number of carboxylic acids is 1. The number of aliphatic carboxylic acids is 1. The summed E-state index contributed by atoms with van der Waals surface area (Å²) < 4.78 is 4.83. The first-order valence-electron chi connectivity index (χ1n) is 8.79. The summed E-state index contributed by atoms with van der Waals surface area (Å²) in [7, 11) is 3.23. The van der Waals surface area contributed by atoms with Crippen LogP contribution in [0.5, 0.6) is 0 Å². The summed E-state index contributed by atoms with van der Waals surface area (Å²) in [5.41, 5.74) is -0.101. The van der Waals surface area contributed by atoms with Gasteiger partial charge in [0.25, 0.3) is 5.91 Å². The van der Waals surface area contributed by atoms with Crippen molar-refractivity contribution in [2.24, 2.45) is 4.99 Å². The largest absolute Gasteiger partial charge is 1.00 e. The maximum atomic E-state index is 12.5. The predicted octanol–water partition coefficient (Wildman–Crippen LogP) is -5.14. The number of hydrogen-bond acceptors (Lipinski definition) is 10. The van der Waals surface area contributed by atoms with E-state index < -0.39 is 41.6 Å². The van der Waals surface area contributed by atoms with Crippen LogP contribution in [-0.4, -0.2) is 83.2 Å². The van der Waals surface area contributed by atoms with Gasteiger partial charge in [-0.3, -0.25) is 29.1 Å². The summed E-state index contributed by atoms with van der Waals surface area (Å²) in [5.74, 6) is -3.50. The van der Waals surface area contributed by atoms with Crippen LogP contribution in [-0.2, 0) is 28.7 Å². The number of ether oxygens (including phenoxy) is 1. The first-order chi connectivity index (χ1) is 14.2. The Kier molecular flexibility index (Phi) is 11.1. The van der Waals surface area contributed by atoms with Gasteiger partial charge in [-0.15, -0.1) is 11.8 Å². The number of amidine groups is 1. The Labute approximate surface area is 209 Å². The van der Waals surface area contributed by atoms with Crippen molar-refractivity contribution < 1.29 is 63.4 Å². The van der Waals surface area contributed by atoms with Crippen molar-refractivity contribution in [1.82, 2.24) is 15.5 Å². The number of esters is 1. The second-order valence-electron chi connectivity index (χ2n) is 6.26. The molecule has 0 radical (unpaired) electrons. The van der Waals surface area contributed by atoms with Gasteiger partial charge >= 0.3 is 35.5 Å². The molecule has 1 fully saturated rings. The minimum absolute atomic E-state index is 0. The molecular weight excluding hydrogens is 459 g/mol. The van der Waals surface area contributed by atoms with Crippen LogP contribution in [0.25, 0.3) is 0 Å². The molecule has 2 rings (SSSR count). The number of nitrogens with one attached hydrogen (secondary N) is 2. The van der Waals surface area contributed by atoms with Gasteiger partial charge in [0.15, 0.2) is 11.0 Å². The smallest absolute Gasteiger partial charge is 0.543 e. The Balaban J connectivity index is 0.00000480. The van der Waals surface area contributed by atoms with Crippen molar-refractivity contribution in [3.8, 4) is 0 Å². The van der Waals surface area contributed by atoms with E-state index in [0.717, 1.165) is 16.7 Å². The number of carbonyl (C=O) groups excluding carboxylic acids is 5. The van der Waals surface area contributed by atoms with Crippen LogP contribution in [0.4, 0.5) is 0 Å². The zero-order valence-corrected chi connectivity index (χ0v) is 21.2. The molecule has 0 aromatic heterocycles. The molecule has 2 aliphatic rings. The van der Waals surface area contributed by atoms with Crippen molar-refractivity contribution in [3.05, 3.63) is 11.3 Å². The third-order valence-electron chi connectivity index (χ3n) is 4.15. The molecule has 11 nitrogen and oxygen atoms in total. The van der Waals surface area contributed by atoms with E-state index in [1.165, 1.54) is 18.7 Å². The SMILES string of the molecule is CN=C(NC)SCC(=O)CC(=O)NC1C(=O)N2C(C(=O)[O-])=C(COC(C)=O)CS[C@@H]12.[Na+]. The summed E-state index contributed by atoms with van der Waals surface area (Å²) >= 11 is 2.38. The van der Waals surface area contributed by atoms with E-state index in [-0.39, 0.29) is 64.7 Å². The van der Waals surface area contributed by atoms with E-state index in [4.69, 9.17) is 4.74 Å². The fraction of sp³-hybridized carbons (Fsp3) is 0.529. The third kappa shape index (κ3) is 6.97. The first-order valence-corrected chi connectivity index (χ1v) is 10.8. The Morgan fingerprint density at radius 1 is 1.35 bits per heavy atom. The van der Waals surface area contributed by atoms with Crippen molar-refractivity contribution in [2.75, 3.05) is 32.2 Å². The number of amides is 2. The van der Waals surface area contributed by atoms with E-state index in [9.17, 15) is 29.1 Å². The van der Waals surface area contributed by atoms with Crippen molar-refractivity contribution in [1.29, 1.82) is 0 Å². The minimum Gasteiger partial charge on any atom is -0.543 e. The zero-order chi connectivity index (χ0) is 22.4. The number of nitrogens with zero attached hydrogens (tertiary/aromatic N) is 2. The van der Waals surface area contributed by atoms with Gasteiger partial charge in [0.05, 0.1) is 23.8 Å². The molecular formula is C17H21N4NaO7S2. The van der Waals surface area contributed by atoms with Gasteiger partial charge in [0, 0.05) is 32.3 Å². The number of aliphatic imine (C=N–C) groups is 1. The van der Waals surface area contributed by atoms with Crippen LogP contribution in [0.15, 0.2) is 16.3 Å². The normalized spacial score (nSPS) is 20.2. The van der Waals surface area contributed by atoms with Gasteiger partial charge in [-0.05, 0) is 0 Å². The van der Waals surface area contributed by atoms with Gasteiger partial charge in [0.1, 0.15) is 18.0 Å². The summed E-state index contributed by atoms with van der Waals surface area (Å²) in [6, 6.07) is -0.947. The van der Waals surface area contributed by atoms with Crippen LogP contribution in [0.1, 0.15) is 13.3 Å². The summed E-state index contributed by atoms with van der Waals surface area (Å²) in [6.45, 7) is 0.924. The molecule has 0 aliphatic carbocycles. The maximum Gasteiger partial charge on any atom is 1.00 e. The molecule has 1 saturated heterocycles. The van der Waals surface area contributed by atoms with E-state index in [1.54, 1.807) is 14.1 Å². The number of hydrogen-bond donors (Lipinski definition) is 2. The van der Waals surface area contributed by atoms with E-state index in [2.05, 4.69) is 15.6 Å². The number of ketones is 1. The second-order valence-corrected chi connectivity index (χ2v) is 8.33. The average Bonchev–Trinajstić information content (AvgIpc) is 2.70. The summed E-state index contributed by atoms with van der Waals surface area (Å²) in [6.07, 6.45) is -0.407. The predicted molar refractivity (Wildman–Crippen MR) is 108 cm³/mol. The second kappa shape index (κ2) is 12.5. The molecule has 0 saturated carbocycles. The Morgan fingerprint density at radius 2 is 2.03 bits per heavy atom. The molecule has 0 bridgehead atoms. The molecule has 31 heavy (non-hydrogen) atoms. The van der Waals surface area contributed by atoms with Gasteiger partial charge in [-0.1, -0.05) is 11.8 Å². The molecule has 2 amide bonds. The number of carboxylic acid groups (broad SMARTS) is 1. The number of fused-ring (bicyclic) bond motifs is 1. The Morgan fingerprint density at radius 3 is 2.58 bits per heavy atom. The van der Waals surface area contributed by atoms with Gasteiger partial charge < -0.3 is 25.3 Å². The van der Waals surface area contributed by atoms with Crippen molar-refractivity contribution >= 4 is 58.2 Å². The van der Waals surface area contributed by atoms with Crippen LogP contribution in [0.3, 0.4) is 0 Å². The van der Waals surface area contributed by atoms with E-state index >= 15 is 0 Å².